The predicted octanol–water partition coefficient (Wildman–Crippen LogP) is 3.54. The van der Waals surface area contributed by atoms with Crippen LogP contribution in [0.1, 0.15) is 18.9 Å². The maximum Gasteiger partial charge on any atom is 0.203 e. The summed E-state index contributed by atoms with van der Waals surface area (Å²) in [6, 6.07) is 14.5. The molecule has 0 aliphatic carbocycles. The largest absolute Gasteiger partial charge is 0.223 e. The van der Waals surface area contributed by atoms with Gasteiger partial charge in [-0.05, 0) is 37.1 Å². The Balaban J connectivity index is 2.49. The van der Waals surface area contributed by atoms with Crippen LogP contribution in [-0.4, -0.2) is 22.6 Å². The smallest absolute Gasteiger partial charge is 0.203 e. The lowest BCUT2D eigenvalue weighted by Gasteiger charge is -2.12. The Bertz CT molecular complexity index is 942. The highest BCUT2D eigenvalue weighted by Gasteiger charge is 2.27. The first-order chi connectivity index (χ1) is 11.3. The summed E-state index contributed by atoms with van der Waals surface area (Å²) in [6.07, 6.45) is 1.91. The lowest BCUT2D eigenvalue weighted by atomic mass is 10.2. The van der Waals surface area contributed by atoms with E-state index >= 15 is 0 Å². The van der Waals surface area contributed by atoms with Gasteiger partial charge in [0.15, 0.2) is 9.84 Å². The van der Waals surface area contributed by atoms with Gasteiger partial charge < -0.3 is 0 Å². The maximum atomic E-state index is 12.9. The van der Waals surface area contributed by atoms with E-state index in [1.165, 1.54) is 24.3 Å². The third kappa shape index (κ3) is 3.94. The Morgan fingerprint density at radius 3 is 2.08 bits per heavy atom. The summed E-state index contributed by atoms with van der Waals surface area (Å²) in [4.78, 5) is 0.183. The van der Waals surface area contributed by atoms with Gasteiger partial charge in [-0.2, -0.15) is 0 Å². The molecule has 6 heteroatoms. The van der Waals surface area contributed by atoms with E-state index in [1.807, 2.05) is 0 Å². The summed E-state index contributed by atoms with van der Waals surface area (Å²) in [6.45, 7) is 3.48. The van der Waals surface area contributed by atoms with Crippen LogP contribution in [0.3, 0.4) is 0 Å². The van der Waals surface area contributed by atoms with Crippen molar-refractivity contribution in [3.05, 3.63) is 71.1 Å². The molecule has 0 atom stereocenters. The zero-order valence-corrected chi connectivity index (χ0v) is 15.3. The van der Waals surface area contributed by atoms with Gasteiger partial charge in [0.2, 0.25) is 9.84 Å². The molecule has 0 fully saturated rings. The first kappa shape index (κ1) is 18.4. The summed E-state index contributed by atoms with van der Waals surface area (Å²) in [5.74, 6) is -0.540. The minimum Gasteiger partial charge on any atom is -0.223 e. The van der Waals surface area contributed by atoms with Crippen LogP contribution < -0.4 is 0 Å². The molecule has 128 valence electrons. The second kappa shape index (κ2) is 7.32. The average Bonchev–Trinajstić information content (AvgIpc) is 2.55. The standard InChI is InChI=1S/C18H20O4S2/c1-3-9-17(14-23(19,20)16-11-5-4-6-12-16)24(21,22)18-13-8-7-10-15(18)2/h4-13H,3,14H2,1-2H3. The molecular formula is C18H20O4S2. The summed E-state index contributed by atoms with van der Waals surface area (Å²) >= 11 is 0. The lowest BCUT2D eigenvalue weighted by Crippen LogP contribution is -2.16. The molecule has 0 N–H and O–H groups in total. The van der Waals surface area contributed by atoms with Gasteiger partial charge in [-0.15, -0.1) is 0 Å². The Morgan fingerprint density at radius 1 is 0.917 bits per heavy atom. The van der Waals surface area contributed by atoms with Gasteiger partial charge in [-0.25, -0.2) is 16.8 Å². The highest BCUT2D eigenvalue weighted by atomic mass is 32.2. The second-order valence-corrected chi connectivity index (χ2v) is 9.38. The van der Waals surface area contributed by atoms with E-state index in [0.717, 1.165) is 0 Å². The van der Waals surface area contributed by atoms with E-state index in [-0.39, 0.29) is 14.7 Å². The summed E-state index contributed by atoms with van der Waals surface area (Å²) < 4.78 is 51.0. The number of hydrogen-bond donors (Lipinski definition) is 0. The van der Waals surface area contributed by atoms with Crippen LogP contribution in [0.15, 0.2) is 75.4 Å². The van der Waals surface area contributed by atoms with Crippen LogP contribution >= 0.6 is 0 Å². The van der Waals surface area contributed by atoms with Crippen LogP contribution in [0, 0.1) is 6.92 Å². The van der Waals surface area contributed by atoms with Crippen LogP contribution in [0.5, 0.6) is 0 Å². The molecule has 2 rings (SSSR count). The molecule has 0 radical (unpaired) electrons. The Kier molecular flexibility index (Phi) is 5.62. The van der Waals surface area contributed by atoms with Crippen molar-refractivity contribution in [2.24, 2.45) is 0 Å². The number of aryl methyl sites for hydroxylation is 1. The van der Waals surface area contributed by atoms with Gasteiger partial charge >= 0.3 is 0 Å². The van der Waals surface area contributed by atoms with Crippen molar-refractivity contribution in [1.82, 2.24) is 0 Å². The van der Waals surface area contributed by atoms with Crippen LogP contribution in [0.2, 0.25) is 0 Å². The van der Waals surface area contributed by atoms with Crippen LogP contribution in [-0.2, 0) is 19.7 Å². The maximum absolute atomic E-state index is 12.9. The minimum absolute atomic E-state index is 0.0804. The number of rotatable bonds is 6. The van der Waals surface area contributed by atoms with Gasteiger partial charge in [-0.3, -0.25) is 0 Å². The van der Waals surface area contributed by atoms with Crippen molar-refractivity contribution < 1.29 is 16.8 Å². The van der Waals surface area contributed by atoms with Gasteiger partial charge in [0.1, 0.15) is 0 Å². The fraction of sp³-hybridized carbons (Fsp3) is 0.222. The fourth-order valence-corrected chi connectivity index (χ4v) is 6.11. The molecule has 0 amide bonds. The van der Waals surface area contributed by atoms with Crippen molar-refractivity contribution in [3.63, 3.8) is 0 Å². The number of allylic oxidation sites excluding steroid dienone is 1. The first-order valence-corrected chi connectivity index (χ1v) is 10.7. The number of hydrogen-bond acceptors (Lipinski definition) is 4. The summed E-state index contributed by atoms with van der Waals surface area (Å²) in [5, 5.41) is 0. The van der Waals surface area contributed by atoms with Gasteiger partial charge in [0.25, 0.3) is 0 Å². The van der Waals surface area contributed by atoms with Gasteiger partial charge in [0.05, 0.1) is 20.4 Å². The molecule has 24 heavy (non-hydrogen) atoms. The van der Waals surface area contributed by atoms with E-state index in [9.17, 15) is 16.8 Å². The van der Waals surface area contributed by atoms with Gasteiger partial charge in [-0.1, -0.05) is 49.4 Å². The highest BCUT2D eigenvalue weighted by molar-refractivity contribution is 7.98. The average molecular weight is 364 g/mol. The molecule has 2 aromatic carbocycles. The van der Waals surface area contributed by atoms with Crippen molar-refractivity contribution in [2.75, 3.05) is 5.75 Å². The SMILES string of the molecule is CCC=C(CS(=O)(=O)c1ccccc1)S(=O)(=O)c1ccccc1C. The molecule has 0 unspecified atom stereocenters. The van der Waals surface area contributed by atoms with Crippen molar-refractivity contribution in [3.8, 4) is 0 Å². The molecule has 0 heterocycles. The molecule has 0 aromatic heterocycles. The molecule has 0 aliphatic rings. The predicted molar refractivity (Wildman–Crippen MR) is 95.2 cm³/mol. The van der Waals surface area contributed by atoms with Crippen molar-refractivity contribution >= 4 is 19.7 Å². The number of benzene rings is 2. The van der Waals surface area contributed by atoms with Gasteiger partial charge in [0, 0.05) is 0 Å². The Hall–Kier alpha value is -1.92. The molecule has 4 nitrogen and oxygen atoms in total. The molecule has 0 bridgehead atoms. The zero-order valence-electron chi connectivity index (χ0n) is 13.6. The summed E-state index contributed by atoms with van der Waals surface area (Å²) in [7, 11) is -7.59. The third-order valence-electron chi connectivity index (χ3n) is 3.59. The van der Waals surface area contributed by atoms with Crippen LogP contribution in [0.4, 0.5) is 0 Å². The van der Waals surface area contributed by atoms with E-state index in [4.69, 9.17) is 0 Å². The topological polar surface area (TPSA) is 68.3 Å². The lowest BCUT2D eigenvalue weighted by molar-refractivity contribution is 0.592. The minimum atomic E-state index is -3.85. The highest BCUT2D eigenvalue weighted by Crippen LogP contribution is 2.26. The molecular weight excluding hydrogens is 344 g/mol. The van der Waals surface area contributed by atoms with Crippen molar-refractivity contribution in [1.29, 1.82) is 0 Å². The van der Waals surface area contributed by atoms with E-state index in [0.29, 0.717) is 12.0 Å². The Morgan fingerprint density at radius 2 is 1.50 bits per heavy atom. The van der Waals surface area contributed by atoms with E-state index in [2.05, 4.69) is 0 Å². The molecule has 0 saturated heterocycles. The third-order valence-corrected chi connectivity index (χ3v) is 7.50. The normalized spacial score (nSPS) is 13.0. The molecule has 0 aliphatic heterocycles. The molecule has 2 aromatic rings. The fourth-order valence-electron chi connectivity index (χ4n) is 2.37. The first-order valence-electron chi connectivity index (χ1n) is 7.56. The molecule has 0 spiro atoms. The van der Waals surface area contributed by atoms with E-state index < -0.39 is 25.4 Å². The Labute approximate surface area is 143 Å². The van der Waals surface area contributed by atoms with Crippen molar-refractivity contribution in [2.45, 2.75) is 30.1 Å². The van der Waals surface area contributed by atoms with E-state index in [1.54, 1.807) is 50.2 Å². The molecule has 0 saturated carbocycles. The summed E-state index contributed by atoms with van der Waals surface area (Å²) in [5.41, 5.74) is 0.594. The quantitative estimate of drug-likeness (QED) is 0.786. The number of sulfone groups is 2. The van der Waals surface area contributed by atoms with Crippen LogP contribution in [0.25, 0.3) is 0 Å². The second-order valence-electron chi connectivity index (χ2n) is 5.42. The monoisotopic (exact) mass is 364 g/mol. The zero-order chi connectivity index (χ0) is 17.8.